The molecular formula is C8H17N. The zero-order valence-corrected chi connectivity index (χ0v) is 6.91. The maximum atomic E-state index is 3.49. The molecule has 0 spiro atoms. The highest BCUT2D eigenvalue weighted by Crippen LogP contribution is 2.37. The Hall–Kier alpha value is -0.0400. The third kappa shape index (κ3) is 0.983. The number of hydrogen-bond donors (Lipinski definition) is 1. The van der Waals surface area contributed by atoms with E-state index >= 15 is 0 Å². The molecule has 1 heterocycles. The van der Waals surface area contributed by atoms with Gasteiger partial charge in [-0.15, -0.1) is 0 Å². The van der Waals surface area contributed by atoms with Gasteiger partial charge in [0.15, 0.2) is 0 Å². The summed E-state index contributed by atoms with van der Waals surface area (Å²) in [4.78, 5) is 0. The van der Waals surface area contributed by atoms with Crippen molar-refractivity contribution in [1.82, 2.24) is 5.32 Å². The molecule has 0 amide bonds. The Morgan fingerprint density at radius 2 is 1.67 bits per heavy atom. The Bertz CT molecular complexity index is 99.7. The topological polar surface area (TPSA) is 12.0 Å². The van der Waals surface area contributed by atoms with Crippen LogP contribution in [0.4, 0.5) is 0 Å². The second-order valence-corrected chi connectivity index (χ2v) is 4.19. The minimum atomic E-state index is 0.340. The molecule has 1 aliphatic heterocycles. The molecule has 0 unspecified atom stereocenters. The van der Waals surface area contributed by atoms with E-state index in [4.69, 9.17) is 0 Å². The molecule has 1 saturated heterocycles. The monoisotopic (exact) mass is 127 g/mol. The van der Waals surface area contributed by atoms with E-state index < -0.39 is 0 Å². The molecule has 1 aliphatic rings. The first kappa shape index (κ1) is 7.07. The van der Waals surface area contributed by atoms with E-state index in [-0.39, 0.29) is 0 Å². The fourth-order valence-electron chi connectivity index (χ4n) is 1.24. The molecule has 0 bridgehead atoms. The van der Waals surface area contributed by atoms with E-state index in [1.165, 1.54) is 13.0 Å². The Balaban J connectivity index is 2.75. The maximum Gasteiger partial charge on any atom is 0.0176 e. The average Bonchev–Trinajstić information content (AvgIpc) is 1.81. The lowest BCUT2D eigenvalue weighted by atomic mass is 9.76. The van der Waals surface area contributed by atoms with Crippen LogP contribution in [0.15, 0.2) is 0 Å². The first-order valence-corrected chi connectivity index (χ1v) is 3.71. The van der Waals surface area contributed by atoms with Crippen molar-refractivity contribution in [2.24, 2.45) is 5.41 Å². The molecule has 1 heteroatoms. The molecule has 1 N–H and O–H groups in total. The summed E-state index contributed by atoms with van der Waals surface area (Å²) < 4.78 is 0. The van der Waals surface area contributed by atoms with Crippen molar-refractivity contribution in [2.45, 2.75) is 39.7 Å². The fourth-order valence-corrected chi connectivity index (χ4v) is 1.24. The standard InChI is InChI=1S/C8H17N/c1-7(2)5-6-9-8(7,3)4/h9H,5-6H2,1-4H3. The zero-order valence-electron chi connectivity index (χ0n) is 6.91. The van der Waals surface area contributed by atoms with Crippen LogP contribution in [0.25, 0.3) is 0 Å². The fraction of sp³-hybridized carbons (Fsp3) is 1.00. The van der Waals surface area contributed by atoms with Gasteiger partial charge >= 0.3 is 0 Å². The minimum absolute atomic E-state index is 0.340. The lowest BCUT2D eigenvalue weighted by Crippen LogP contribution is -2.42. The average molecular weight is 127 g/mol. The smallest absolute Gasteiger partial charge is 0.0176 e. The molecule has 1 nitrogen and oxygen atoms in total. The Morgan fingerprint density at radius 1 is 1.11 bits per heavy atom. The van der Waals surface area contributed by atoms with Gasteiger partial charge in [0.1, 0.15) is 0 Å². The normalized spacial score (nSPS) is 30.7. The Labute approximate surface area is 57.8 Å². The molecule has 54 valence electrons. The van der Waals surface area contributed by atoms with Gasteiger partial charge in [0, 0.05) is 5.54 Å². The zero-order chi connectivity index (χ0) is 7.12. The van der Waals surface area contributed by atoms with E-state index in [0.29, 0.717) is 11.0 Å². The first-order chi connectivity index (χ1) is 3.96. The van der Waals surface area contributed by atoms with Crippen LogP contribution in [-0.4, -0.2) is 12.1 Å². The summed E-state index contributed by atoms with van der Waals surface area (Å²) >= 11 is 0. The Morgan fingerprint density at radius 3 is 1.78 bits per heavy atom. The third-order valence-corrected chi connectivity index (χ3v) is 3.01. The van der Waals surface area contributed by atoms with Gasteiger partial charge in [-0.25, -0.2) is 0 Å². The van der Waals surface area contributed by atoms with E-state index in [1.807, 2.05) is 0 Å². The van der Waals surface area contributed by atoms with Crippen molar-refractivity contribution in [2.75, 3.05) is 6.54 Å². The van der Waals surface area contributed by atoms with Gasteiger partial charge in [0.2, 0.25) is 0 Å². The van der Waals surface area contributed by atoms with Crippen LogP contribution in [0.1, 0.15) is 34.1 Å². The van der Waals surface area contributed by atoms with Gasteiger partial charge in [-0.2, -0.15) is 0 Å². The summed E-state index contributed by atoms with van der Waals surface area (Å²) in [7, 11) is 0. The van der Waals surface area contributed by atoms with Crippen molar-refractivity contribution in [3.63, 3.8) is 0 Å². The predicted molar refractivity (Wildman–Crippen MR) is 40.5 cm³/mol. The highest BCUT2D eigenvalue weighted by Gasteiger charge is 2.40. The van der Waals surface area contributed by atoms with Crippen LogP contribution < -0.4 is 5.32 Å². The molecule has 0 aromatic heterocycles. The van der Waals surface area contributed by atoms with E-state index in [2.05, 4.69) is 33.0 Å². The molecule has 0 aromatic rings. The number of rotatable bonds is 0. The summed E-state index contributed by atoms with van der Waals surface area (Å²) in [6.45, 7) is 10.4. The van der Waals surface area contributed by atoms with Gasteiger partial charge < -0.3 is 5.32 Å². The molecule has 0 saturated carbocycles. The van der Waals surface area contributed by atoms with Gasteiger partial charge in [-0.1, -0.05) is 13.8 Å². The van der Waals surface area contributed by atoms with Crippen molar-refractivity contribution >= 4 is 0 Å². The second kappa shape index (κ2) is 1.72. The number of nitrogens with one attached hydrogen (secondary N) is 1. The molecular weight excluding hydrogens is 110 g/mol. The predicted octanol–water partition coefficient (Wildman–Crippen LogP) is 1.78. The van der Waals surface area contributed by atoms with Crippen LogP contribution in [0.5, 0.6) is 0 Å². The van der Waals surface area contributed by atoms with Crippen molar-refractivity contribution in [1.29, 1.82) is 0 Å². The second-order valence-electron chi connectivity index (χ2n) is 4.19. The van der Waals surface area contributed by atoms with Gasteiger partial charge in [0.05, 0.1) is 0 Å². The third-order valence-electron chi connectivity index (χ3n) is 3.01. The van der Waals surface area contributed by atoms with Crippen molar-refractivity contribution in [3.8, 4) is 0 Å². The maximum absolute atomic E-state index is 3.49. The van der Waals surface area contributed by atoms with E-state index in [1.54, 1.807) is 0 Å². The quantitative estimate of drug-likeness (QED) is 0.523. The van der Waals surface area contributed by atoms with Crippen LogP contribution in [-0.2, 0) is 0 Å². The summed E-state index contributed by atoms with van der Waals surface area (Å²) in [5, 5.41) is 3.49. The van der Waals surface area contributed by atoms with E-state index in [9.17, 15) is 0 Å². The lowest BCUT2D eigenvalue weighted by Gasteiger charge is -2.34. The highest BCUT2D eigenvalue weighted by atomic mass is 15.0. The molecule has 0 atom stereocenters. The Kier molecular flexibility index (Phi) is 1.35. The van der Waals surface area contributed by atoms with Gasteiger partial charge in [0.25, 0.3) is 0 Å². The summed E-state index contributed by atoms with van der Waals surface area (Å²) in [5.74, 6) is 0. The largest absolute Gasteiger partial charge is 0.311 e. The molecule has 0 aliphatic carbocycles. The highest BCUT2D eigenvalue weighted by molar-refractivity contribution is 4.98. The molecule has 1 fully saturated rings. The number of hydrogen-bond acceptors (Lipinski definition) is 1. The summed E-state index contributed by atoms with van der Waals surface area (Å²) in [5.41, 5.74) is 0.819. The van der Waals surface area contributed by atoms with E-state index in [0.717, 1.165) is 0 Å². The van der Waals surface area contributed by atoms with Crippen LogP contribution in [0.3, 0.4) is 0 Å². The molecule has 9 heavy (non-hydrogen) atoms. The first-order valence-electron chi connectivity index (χ1n) is 3.71. The molecule has 0 aromatic carbocycles. The van der Waals surface area contributed by atoms with Crippen molar-refractivity contribution < 1.29 is 0 Å². The minimum Gasteiger partial charge on any atom is -0.311 e. The SMILES string of the molecule is CC1(C)CCNC1(C)C. The van der Waals surface area contributed by atoms with Crippen LogP contribution in [0, 0.1) is 5.41 Å². The van der Waals surface area contributed by atoms with Crippen LogP contribution >= 0.6 is 0 Å². The van der Waals surface area contributed by atoms with Crippen molar-refractivity contribution in [3.05, 3.63) is 0 Å². The van der Waals surface area contributed by atoms with Gasteiger partial charge in [-0.05, 0) is 32.2 Å². The molecule has 0 radical (unpaired) electrons. The summed E-state index contributed by atoms with van der Waals surface area (Å²) in [6.07, 6.45) is 1.31. The van der Waals surface area contributed by atoms with Gasteiger partial charge in [-0.3, -0.25) is 0 Å². The lowest BCUT2D eigenvalue weighted by molar-refractivity contribution is 0.224. The van der Waals surface area contributed by atoms with Crippen LogP contribution in [0.2, 0.25) is 0 Å². The summed E-state index contributed by atoms with van der Waals surface area (Å²) in [6, 6.07) is 0. The molecule has 1 rings (SSSR count).